The van der Waals surface area contributed by atoms with E-state index >= 15 is 0 Å². The van der Waals surface area contributed by atoms with Crippen LogP contribution in [0, 0.1) is 5.92 Å². The van der Waals surface area contributed by atoms with Gasteiger partial charge in [0, 0.05) is 0 Å². The largest absolute Gasteiger partial charge is 0.766 e. The summed E-state index contributed by atoms with van der Waals surface area (Å²) in [4.78, 5) is 45.8. The zero-order valence-corrected chi connectivity index (χ0v) is 15.1. The average Bonchev–Trinajstić information content (AvgIpc) is 2.42. The monoisotopic (exact) mass is 365 g/mol. The van der Waals surface area contributed by atoms with Gasteiger partial charge in [-0.05, 0) is 26.2 Å². The third-order valence-corrected chi connectivity index (χ3v) is 4.02. The smallest absolute Gasteiger partial charge is 0.242 e. The molecule has 24 heavy (non-hydrogen) atoms. The maximum absolute atomic E-state index is 12.2. The van der Waals surface area contributed by atoms with Crippen molar-refractivity contribution in [2.24, 2.45) is 5.92 Å². The van der Waals surface area contributed by atoms with Crippen LogP contribution in [0.5, 0.6) is 0 Å². The maximum Gasteiger partial charge on any atom is 0.242 e. The summed E-state index contributed by atoms with van der Waals surface area (Å²) in [5, 5.41) is 16.8. The Morgan fingerprint density at radius 1 is 1.17 bits per heavy atom. The Morgan fingerprint density at radius 2 is 1.75 bits per heavy atom. The van der Waals surface area contributed by atoms with Gasteiger partial charge in [0.1, 0.15) is 6.04 Å². The summed E-state index contributed by atoms with van der Waals surface area (Å²) >= 11 is 0. The zero-order chi connectivity index (χ0) is 18.9. The Morgan fingerprint density at radius 3 is 2.21 bits per heavy atom. The van der Waals surface area contributed by atoms with Crippen molar-refractivity contribution in [3.63, 3.8) is 0 Å². The van der Waals surface area contributed by atoms with Gasteiger partial charge in [-0.3, -0.25) is 14.2 Å². The highest BCUT2D eigenvalue weighted by Gasteiger charge is 2.26. The number of hydrogen-bond acceptors (Lipinski definition) is 7. The first kappa shape index (κ1) is 22.5. The first-order valence-electron chi connectivity index (χ1n) is 7.49. The van der Waals surface area contributed by atoms with Gasteiger partial charge in [0.2, 0.25) is 19.6 Å². The molecule has 2 amide bonds. The van der Waals surface area contributed by atoms with Crippen LogP contribution in [-0.2, 0) is 23.5 Å². The predicted octanol–water partition coefficient (Wildman–Crippen LogP) is -2.13. The van der Waals surface area contributed by atoms with Gasteiger partial charge in [-0.25, -0.2) is 5.09 Å². The van der Waals surface area contributed by atoms with E-state index in [1.165, 1.54) is 13.8 Å². The van der Waals surface area contributed by atoms with Crippen LogP contribution in [0.25, 0.3) is 0 Å². The zero-order valence-electron chi connectivity index (χ0n) is 14.2. The van der Waals surface area contributed by atoms with Gasteiger partial charge in [-0.15, -0.1) is 0 Å². The molecule has 0 aromatic rings. The van der Waals surface area contributed by atoms with Crippen molar-refractivity contribution in [3.05, 3.63) is 0 Å². The van der Waals surface area contributed by atoms with E-state index in [-0.39, 0.29) is 18.9 Å². The number of aliphatic carboxylic acids is 1. The first-order chi connectivity index (χ1) is 11.0. The molecule has 0 rings (SSSR count). The number of carbonyl (C=O) groups is 3. The number of carbonyl (C=O) groups excluding carboxylic acids is 3. The Labute approximate surface area is 140 Å². The highest BCUT2D eigenvalue weighted by molar-refractivity contribution is 7.49. The lowest BCUT2D eigenvalue weighted by molar-refractivity contribution is -0.304. The van der Waals surface area contributed by atoms with Gasteiger partial charge < -0.3 is 30.0 Å². The number of nitrogens with one attached hydrogen (secondary N) is 3. The molecule has 3 N–H and O–H groups in total. The number of rotatable bonds is 11. The van der Waals surface area contributed by atoms with E-state index in [0.717, 1.165) is 0 Å². The van der Waals surface area contributed by atoms with Gasteiger partial charge in [-0.1, -0.05) is 13.8 Å². The molecule has 0 aliphatic carbocycles. The number of carboxylic acid groups (broad SMARTS) is 1. The van der Waals surface area contributed by atoms with Crippen LogP contribution in [0.2, 0.25) is 0 Å². The minimum atomic E-state index is -4.40. The van der Waals surface area contributed by atoms with E-state index in [9.17, 15) is 28.9 Å². The maximum atomic E-state index is 12.2. The van der Waals surface area contributed by atoms with Crippen molar-refractivity contribution in [3.8, 4) is 0 Å². The Balaban J connectivity index is 4.83. The topological polar surface area (TPSA) is 160 Å². The lowest BCUT2D eigenvalue weighted by Gasteiger charge is -2.30. The Bertz CT molecular complexity index is 498. The van der Waals surface area contributed by atoms with Crippen LogP contribution in [0.1, 0.15) is 34.1 Å². The minimum Gasteiger partial charge on any atom is -0.766 e. The molecular weight excluding hydrogens is 341 g/mol. The second-order valence-corrected chi connectivity index (χ2v) is 7.06. The van der Waals surface area contributed by atoms with Crippen LogP contribution in [-0.4, -0.2) is 43.0 Å². The summed E-state index contributed by atoms with van der Waals surface area (Å²) < 4.78 is 16.3. The van der Waals surface area contributed by atoms with Crippen molar-refractivity contribution < 1.29 is 33.5 Å². The first-order valence-corrected chi connectivity index (χ1v) is 9.04. The van der Waals surface area contributed by atoms with E-state index in [1.807, 2.05) is 0 Å². The van der Waals surface area contributed by atoms with Crippen molar-refractivity contribution >= 4 is 25.5 Å². The van der Waals surface area contributed by atoms with Crippen molar-refractivity contribution in [2.45, 2.75) is 46.2 Å². The van der Waals surface area contributed by atoms with E-state index < -0.39 is 44.2 Å². The number of hydrogen-bond donors (Lipinski definition) is 3. The third-order valence-electron chi connectivity index (χ3n) is 2.80. The molecule has 0 heterocycles. The summed E-state index contributed by atoms with van der Waals surface area (Å²) in [7, 11) is -4.40. The molecule has 10 nitrogen and oxygen atoms in total. The lowest BCUT2D eigenvalue weighted by atomic mass is 10.0. The van der Waals surface area contributed by atoms with Gasteiger partial charge in [0.25, 0.3) is 0 Å². The summed E-state index contributed by atoms with van der Waals surface area (Å²) in [5.41, 5.74) is 0. The molecule has 140 valence electrons. The molecule has 0 aromatic heterocycles. The molecule has 0 radical (unpaired) electrons. The molecule has 0 aromatic carbocycles. The molecule has 0 aliphatic rings. The van der Waals surface area contributed by atoms with Crippen LogP contribution in [0.3, 0.4) is 0 Å². The van der Waals surface area contributed by atoms with Crippen LogP contribution >= 0.6 is 7.75 Å². The molecule has 0 fully saturated rings. The van der Waals surface area contributed by atoms with Crippen LogP contribution in [0.4, 0.5) is 0 Å². The molecule has 0 saturated carbocycles. The van der Waals surface area contributed by atoms with Gasteiger partial charge in [0.05, 0.1) is 25.2 Å². The molecule has 0 aliphatic heterocycles. The highest BCUT2D eigenvalue weighted by atomic mass is 31.2. The summed E-state index contributed by atoms with van der Waals surface area (Å²) in [5.74, 6) is -2.91. The molecule has 0 saturated heterocycles. The van der Waals surface area contributed by atoms with Gasteiger partial charge in [0.15, 0.2) is 0 Å². The van der Waals surface area contributed by atoms with E-state index in [1.54, 1.807) is 13.8 Å². The molecule has 3 atom stereocenters. The Kier molecular flexibility index (Phi) is 9.76. The summed E-state index contributed by atoms with van der Waals surface area (Å²) in [6, 6.07) is -2.16. The fourth-order valence-corrected chi connectivity index (χ4v) is 2.80. The summed E-state index contributed by atoms with van der Waals surface area (Å²) in [6.07, 6.45) is 0.193. The van der Waals surface area contributed by atoms with E-state index in [0.29, 0.717) is 0 Å². The summed E-state index contributed by atoms with van der Waals surface area (Å²) in [6.45, 7) is 5.67. The van der Waals surface area contributed by atoms with Gasteiger partial charge in [-0.2, -0.15) is 0 Å². The molecule has 1 unspecified atom stereocenters. The van der Waals surface area contributed by atoms with E-state index in [2.05, 4.69) is 20.2 Å². The van der Waals surface area contributed by atoms with Crippen molar-refractivity contribution in [2.75, 3.05) is 13.2 Å². The van der Waals surface area contributed by atoms with Gasteiger partial charge >= 0.3 is 0 Å². The molecule has 0 bridgehead atoms. The molecule has 0 spiro atoms. The second-order valence-electron chi connectivity index (χ2n) is 5.55. The van der Waals surface area contributed by atoms with E-state index in [4.69, 9.17) is 0 Å². The SMILES string of the molecule is CCOP(=O)([O-])N[C@@H](CC(C)C)C(=O)N[C@@H](C)C(=O)NCC(=O)[O-]. The fraction of sp³-hybridized carbons (Fsp3) is 0.769. The Hall–Kier alpha value is -1.48. The predicted molar refractivity (Wildman–Crippen MR) is 81.2 cm³/mol. The number of carboxylic acids is 1. The quantitative estimate of drug-likeness (QED) is 0.350. The molecular formula is C13H24N3O7P-2. The van der Waals surface area contributed by atoms with Crippen molar-refractivity contribution in [1.82, 2.24) is 15.7 Å². The highest BCUT2D eigenvalue weighted by Crippen LogP contribution is 2.32. The minimum absolute atomic E-state index is 0.00269. The fourth-order valence-electron chi connectivity index (χ4n) is 1.78. The number of amides is 2. The third kappa shape index (κ3) is 9.61. The average molecular weight is 365 g/mol. The van der Waals surface area contributed by atoms with Crippen LogP contribution in [0.15, 0.2) is 0 Å². The standard InChI is InChI=1S/C13H26N3O7P/c1-5-23-24(21,22)16-10(6-8(2)3)13(20)15-9(4)12(19)14-7-11(17)18/h8-10H,5-7H2,1-4H3,(H,14,19)(H,15,20)(H,17,18)(H2,16,21,22)/p-2/t9-,10-/m0/s1. The normalized spacial score (nSPS) is 16.1. The lowest BCUT2D eigenvalue weighted by Crippen LogP contribution is -2.53. The van der Waals surface area contributed by atoms with Crippen molar-refractivity contribution in [1.29, 1.82) is 0 Å². The van der Waals surface area contributed by atoms with Crippen LogP contribution < -0.4 is 25.7 Å². The second kappa shape index (κ2) is 10.4. The molecule has 11 heteroatoms.